The molecule has 3 fully saturated rings. The molecule has 3 aliphatic rings. The lowest BCUT2D eigenvalue weighted by Gasteiger charge is -2.39. The normalized spacial score (nSPS) is 29.1. The number of carbonyl (C=O) groups excluding carboxylic acids is 3. The van der Waals surface area contributed by atoms with Crippen molar-refractivity contribution in [1.29, 1.82) is 0 Å². The van der Waals surface area contributed by atoms with Gasteiger partial charge in [0.15, 0.2) is 0 Å². The molecule has 8 nitrogen and oxygen atoms in total. The van der Waals surface area contributed by atoms with Gasteiger partial charge in [-0.2, -0.15) is 0 Å². The van der Waals surface area contributed by atoms with Crippen LogP contribution in [0.4, 0.5) is 0 Å². The molecule has 0 aromatic heterocycles. The van der Waals surface area contributed by atoms with Crippen LogP contribution in [0.25, 0.3) is 0 Å². The van der Waals surface area contributed by atoms with Crippen LogP contribution in [0, 0.1) is 11.8 Å². The van der Waals surface area contributed by atoms with Gasteiger partial charge in [0.25, 0.3) is 0 Å². The molecular formula is C28H37N3O5. The summed E-state index contributed by atoms with van der Waals surface area (Å²) in [5.74, 6) is -2.10. The quantitative estimate of drug-likeness (QED) is 0.474. The van der Waals surface area contributed by atoms with Gasteiger partial charge in [-0.15, -0.1) is 13.2 Å². The van der Waals surface area contributed by atoms with E-state index >= 15 is 0 Å². The Bertz CT molecular complexity index is 1010. The van der Waals surface area contributed by atoms with Crippen LogP contribution in [0.2, 0.25) is 0 Å². The third kappa shape index (κ3) is 4.16. The number of aliphatic hydroxyl groups excluding tert-OH is 1. The molecule has 8 heteroatoms. The van der Waals surface area contributed by atoms with Crippen molar-refractivity contribution in [2.45, 2.75) is 56.5 Å². The number of benzene rings is 1. The molecular weight excluding hydrogens is 458 g/mol. The lowest BCUT2D eigenvalue weighted by Crippen LogP contribution is -2.58. The number of fused-ring (bicyclic) bond motifs is 1. The largest absolute Gasteiger partial charge is 0.394 e. The predicted molar refractivity (Wildman–Crippen MR) is 136 cm³/mol. The van der Waals surface area contributed by atoms with E-state index in [0.717, 1.165) is 5.56 Å². The Kier molecular flexibility index (Phi) is 7.66. The molecule has 6 atom stereocenters. The van der Waals surface area contributed by atoms with Crippen molar-refractivity contribution in [3.05, 3.63) is 61.2 Å². The van der Waals surface area contributed by atoms with Gasteiger partial charge in [-0.1, -0.05) is 49.4 Å². The van der Waals surface area contributed by atoms with Crippen LogP contribution in [0.15, 0.2) is 55.6 Å². The van der Waals surface area contributed by atoms with Crippen molar-refractivity contribution in [3.63, 3.8) is 0 Å². The standard InChI is InChI=1S/C28H37N3O5/c1-5-15-29(4)25(33)22-21-13-14-28(36-21)23(22)26(34)31(20(7-3)18-32)24(28)27(35)30(16-6-2)17-19-11-9-8-10-12-19/h5-6,8-12,20-24,32H,1-2,7,13-18H2,3-4H3/t20-,21-,22+,23-,24?,28?/m0/s1. The highest BCUT2D eigenvalue weighted by atomic mass is 16.5. The monoisotopic (exact) mass is 495 g/mol. The molecule has 2 unspecified atom stereocenters. The van der Waals surface area contributed by atoms with E-state index in [4.69, 9.17) is 4.74 Å². The molecule has 3 aliphatic heterocycles. The third-order valence-corrected chi connectivity index (χ3v) is 7.99. The number of hydrogen-bond acceptors (Lipinski definition) is 5. The minimum atomic E-state index is -1.09. The first kappa shape index (κ1) is 26.1. The summed E-state index contributed by atoms with van der Waals surface area (Å²) in [7, 11) is 1.69. The molecule has 3 heterocycles. The van der Waals surface area contributed by atoms with Gasteiger partial charge < -0.3 is 24.5 Å². The molecule has 3 saturated heterocycles. The fraction of sp³-hybridized carbons (Fsp3) is 0.536. The lowest BCUT2D eigenvalue weighted by atomic mass is 9.70. The number of carbonyl (C=O) groups is 3. The summed E-state index contributed by atoms with van der Waals surface area (Å²) >= 11 is 0. The van der Waals surface area contributed by atoms with E-state index in [2.05, 4.69) is 13.2 Å². The zero-order valence-electron chi connectivity index (χ0n) is 21.2. The number of hydrogen-bond donors (Lipinski definition) is 1. The molecule has 1 aromatic rings. The highest BCUT2D eigenvalue weighted by Crippen LogP contribution is 2.59. The van der Waals surface area contributed by atoms with Crippen LogP contribution < -0.4 is 0 Å². The summed E-state index contributed by atoms with van der Waals surface area (Å²) in [6, 6.07) is 8.20. The minimum absolute atomic E-state index is 0.169. The Labute approximate surface area is 213 Å². The maximum Gasteiger partial charge on any atom is 0.249 e. The maximum atomic E-state index is 14.3. The second-order valence-corrected chi connectivity index (χ2v) is 10.0. The highest BCUT2D eigenvalue weighted by molar-refractivity contribution is 5.99. The molecule has 2 bridgehead atoms. The first-order chi connectivity index (χ1) is 17.3. The number of likely N-dealkylation sites (N-methyl/N-ethyl adjacent to an activating group) is 1. The first-order valence-electron chi connectivity index (χ1n) is 12.7. The van der Waals surface area contributed by atoms with Crippen molar-refractivity contribution < 1.29 is 24.2 Å². The molecule has 3 amide bonds. The van der Waals surface area contributed by atoms with Crippen molar-refractivity contribution >= 4 is 17.7 Å². The summed E-state index contributed by atoms with van der Waals surface area (Å²) in [4.78, 5) is 46.5. The second kappa shape index (κ2) is 10.6. The second-order valence-electron chi connectivity index (χ2n) is 10.0. The first-order valence-corrected chi connectivity index (χ1v) is 12.7. The smallest absolute Gasteiger partial charge is 0.249 e. The minimum Gasteiger partial charge on any atom is -0.394 e. The number of ether oxygens (including phenoxy) is 1. The van der Waals surface area contributed by atoms with E-state index in [1.54, 1.807) is 29.0 Å². The van der Waals surface area contributed by atoms with Crippen LogP contribution >= 0.6 is 0 Å². The molecule has 0 radical (unpaired) electrons. The van der Waals surface area contributed by atoms with Gasteiger partial charge in [-0.25, -0.2) is 0 Å². The number of likely N-dealkylation sites (tertiary alicyclic amines) is 1. The summed E-state index contributed by atoms with van der Waals surface area (Å²) in [6.07, 6.45) is 4.51. The molecule has 4 rings (SSSR count). The van der Waals surface area contributed by atoms with Gasteiger partial charge in [0.2, 0.25) is 17.7 Å². The average Bonchev–Trinajstić information content (AvgIpc) is 3.52. The van der Waals surface area contributed by atoms with Gasteiger partial charge >= 0.3 is 0 Å². The molecule has 0 aliphatic carbocycles. The highest BCUT2D eigenvalue weighted by Gasteiger charge is 2.75. The van der Waals surface area contributed by atoms with Gasteiger partial charge in [-0.3, -0.25) is 14.4 Å². The molecule has 1 N–H and O–H groups in total. The summed E-state index contributed by atoms with van der Waals surface area (Å²) in [5, 5.41) is 10.2. The van der Waals surface area contributed by atoms with E-state index in [1.165, 1.54) is 4.90 Å². The van der Waals surface area contributed by atoms with Crippen molar-refractivity contribution in [2.75, 3.05) is 26.7 Å². The topological polar surface area (TPSA) is 90.4 Å². The Morgan fingerprint density at radius 3 is 2.53 bits per heavy atom. The van der Waals surface area contributed by atoms with Crippen LogP contribution in [-0.4, -0.2) is 88.1 Å². The van der Waals surface area contributed by atoms with Crippen LogP contribution in [0.1, 0.15) is 31.7 Å². The van der Waals surface area contributed by atoms with Crippen LogP contribution in [0.5, 0.6) is 0 Å². The molecule has 194 valence electrons. The van der Waals surface area contributed by atoms with Crippen LogP contribution in [0.3, 0.4) is 0 Å². The van der Waals surface area contributed by atoms with Crippen molar-refractivity contribution in [1.82, 2.24) is 14.7 Å². The van der Waals surface area contributed by atoms with Crippen LogP contribution in [-0.2, 0) is 25.7 Å². The predicted octanol–water partition coefficient (Wildman–Crippen LogP) is 1.99. The van der Waals surface area contributed by atoms with Gasteiger partial charge in [0.05, 0.1) is 30.6 Å². The zero-order chi connectivity index (χ0) is 26.0. The fourth-order valence-electron chi connectivity index (χ4n) is 6.36. The average molecular weight is 496 g/mol. The SMILES string of the molecule is C=CCN(C)C(=O)[C@@H]1[C@@H]2CCC3(O2)C(C(=O)N(CC=C)Cc2ccccc2)N([C@@H](CC)CO)C(=O)[C@H]13. The van der Waals surface area contributed by atoms with E-state index in [9.17, 15) is 19.5 Å². The molecule has 1 aromatic carbocycles. The van der Waals surface area contributed by atoms with Crippen molar-refractivity contribution in [2.24, 2.45) is 11.8 Å². The summed E-state index contributed by atoms with van der Waals surface area (Å²) in [6.45, 7) is 10.2. The number of amides is 3. The van der Waals surface area contributed by atoms with Gasteiger partial charge in [0, 0.05) is 26.7 Å². The summed E-state index contributed by atoms with van der Waals surface area (Å²) in [5.41, 5.74) is -0.130. The summed E-state index contributed by atoms with van der Waals surface area (Å²) < 4.78 is 6.51. The Hall–Kier alpha value is -2.97. The molecule has 36 heavy (non-hydrogen) atoms. The van der Waals surface area contributed by atoms with E-state index < -0.39 is 35.6 Å². The van der Waals surface area contributed by atoms with E-state index in [0.29, 0.717) is 38.9 Å². The van der Waals surface area contributed by atoms with E-state index in [-0.39, 0.29) is 24.3 Å². The van der Waals surface area contributed by atoms with Crippen molar-refractivity contribution in [3.8, 4) is 0 Å². The van der Waals surface area contributed by atoms with E-state index in [1.807, 2.05) is 37.3 Å². The lowest BCUT2D eigenvalue weighted by molar-refractivity contribution is -0.152. The molecule has 1 spiro atoms. The van der Waals surface area contributed by atoms with Gasteiger partial charge in [0.1, 0.15) is 11.6 Å². The number of aliphatic hydroxyl groups is 1. The molecule has 0 saturated carbocycles. The number of rotatable bonds is 11. The fourth-order valence-corrected chi connectivity index (χ4v) is 6.36. The Morgan fingerprint density at radius 1 is 1.22 bits per heavy atom. The Morgan fingerprint density at radius 2 is 1.92 bits per heavy atom. The number of nitrogens with zero attached hydrogens (tertiary/aromatic N) is 3. The third-order valence-electron chi connectivity index (χ3n) is 7.99. The zero-order valence-corrected chi connectivity index (χ0v) is 21.2. The Balaban J connectivity index is 1.75. The maximum absolute atomic E-state index is 14.3. The van der Waals surface area contributed by atoms with Gasteiger partial charge in [-0.05, 0) is 24.8 Å².